The molecule has 5 rings (SSSR count). The van der Waals surface area contributed by atoms with Gasteiger partial charge in [0.2, 0.25) is 5.91 Å². The highest BCUT2D eigenvalue weighted by atomic mass is 16.5. The minimum absolute atomic E-state index is 0.185. The van der Waals surface area contributed by atoms with Gasteiger partial charge < -0.3 is 9.84 Å². The second kappa shape index (κ2) is 10.00. The first-order valence-corrected chi connectivity index (χ1v) is 11.9. The highest BCUT2D eigenvalue weighted by Gasteiger charge is 2.47. The maximum absolute atomic E-state index is 12.7. The summed E-state index contributed by atoms with van der Waals surface area (Å²) < 4.78 is 6.18. The highest BCUT2D eigenvalue weighted by molar-refractivity contribution is 5.96. The van der Waals surface area contributed by atoms with E-state index in [9.17, 15) is 14.7 Å². The third-order valence-electron chi connectivity index (χ3n) is 6.84. The van der Waals surface area contributed by atoms with Crippen LogP contribution < -0.4 is 5.32 Å². The summed E-state index contributed by atoms with van der Waals surface area (Å²) in [7, 11) is 0. The van der Waals surface area contributed by atoms with Gasteiger partial charge in [-0.1, -0.05) is 91.0 Å². The predicted octanol–water partition coefficient (Wildman–Crippen LogP) is 2.94. The van der Waals surface area contributed by atoms with Gasteiger partial charge in [-0.3, -0.25) is 19.9 Å². The van der Waals surface area contributed by atoms with Crippen LogP contribution >= 0.6 is 0 Å². The lowest BCUT2D eigenvalue weighted by Crippen LogP contribution is -2.64. The summed E-state index contributed by atoms with van der Waals surface area (Å²) in [4.78, 5) is 28.3. The molecule has 3 aromatic rings. The Hall–Kier alpha value is -3.52. The molecular weight excluding hydrogens is 442 g/mol. The summed E-state index contributed by atoms with van der Waals surface area (Å²) in [5, 5.41) is 12.6. The van der Waals surface area contributed by atoms with Crippen LogP contribution in [0.15, 0.2) is 91.0 Å². The molecule has 2 heterocycles. The van der Waals surface area contributed by atoms with Gasteiger partial charge in [-0.05, 0) is 16.7 Å². The molecule has 2 aliphatic rings. The first kappa shape index (κ1) is 23.2. The van der Waals surface area contributed by atoms with Crippen LogP contribution in [0.25, 0.3) is 0 Å². The number of imide groups is 1. The van der Waals surface area contributed by atoms with Crippen LogP contribution in [-0.4, -0.2) is 65.4 Å². The molecule has 0 saturated carbocycles. The number of carbonyl (C=O) groups excluding carboxylic acids is 2. The highest BCUT2D eigenvalue weighted by Crippen LogP contribution is 2.43. The monoisotopic (exact) mass is 471 g/mol. The fourth-order valence-corrected chi connectivity index (χ4v) is 5.30. The first-order valence-electron chi connectivity index (χ1n) is 11.9. The van der Waals surface area contributed by atoms with Crippen LogP contribution in [0.3, 0.4) is 0 Å². The summed E-state index contributed by atoms with van der Waals surface area (Å²) in [6, 6.07) is 30.4. The third kappa shape index (κ3) is 4.34. The molecule has 3 amide bonds. The number of morpholine rings is 1. The molecule has 7 heteroatoms. The Morgan fingerprint density at radius 1 is 0.829 bits per heavy atom. The topological polar surface area (TPSA) is 82.1 Å². The molecule has 0 bridgehead atoms. The number of hydrogen-bond donors (Lipinski definition) is 2. The number of amides is 3. The lowest BCUT2D eigenvalue weighted by Gasteiger charge is -2.52. The molecule has 2 fully saturated rings. The van der Waals surface area contributed by atoms with Gasteiger partial charge in [0.25, 0.3) is 0 Å². The normalized spacial score (nSPS) is 21.6. The third-order valence-corrected chi connectivity index (χ3v) is 6.84. The van der Waals surface area contributed by atoms with Crippen LogP contribution in [0, 0.1) is 0 Å². The Bertz CT molecular complexity index is 1060. The molecule has 0 spiro atoms. The van der Waals surface area contributed by atoms with E-state index in [4.69, 9.17) is 4.74 Å². The van der Waals surface area contributed by atoms with E-state index < -0.39 is 23.9 Å². The lowest BCUT2D eigenvalue weighted by molar-refractivity contribution is -0.165. The minimum Gasteiger partial charge on any atom is -0.394 e. The van der Waals surface area contributed by atoms with E-state index in [1.165, 1.54) is 0 Å². The van der Waals surface area contributed by atoms with Crippen molar-refractivity contribution < 1.29 is 19.4 Å². The van der Waals surface area contributed by atoms with Crippen molar-refractivity contribution in [3.63, 3.8) is 0 Å². The molecular formula is C28H29N3O4. The van der Waals surface area contributed by atoms with Gasteiger partial charge in [0, 0.05) is 26.1 Å². The Labute approximate surface area is 204 Å². The average molecular weight is 472 g/mol. The Kier molecular flexibility index (Phi) is 6.63. The van der Waals surface area contributed by atoms with Gasteiger partial charge in [0.15, 0.2) is 0 Å². The van der Waals surface area contributed by atoms with E-state index in [1.807, 2.05) is 54.6 Å². The SMILES string of the molecule is O=C1CCN([C@H]2CN(C(c3ccccc3)(c3ccccc3)c3ccccc3)C[C@@H](CO)O2)C(=O)N1. The van der Waals surface area contributed by atoms with Crippen LogP contribution in [0.5, 0.6) is 0 Å². The van der Waals surface area contributed by atoms with Gasteiger partial charge in [-0.15, -0.1) is 0 Å². The summed E-state index contributed by atoms with van der Waals surface area (Å²) in [5.41, 5.74) is 2.54. The molecule has 7 nitrogen and oxygen atoms in total. The van der Waals surface area contributed by atoms with E-state index in [2.05, 4.69) is 46.6 Å². The molecule has 2 saturated heterocycles. The minimum atomic E-state index is -0.693. The van der Waals surface area contributed by atoms with E-state index >= 15 is 0 Å². The maximum Gasteiger partial charge on any atom is 0.326 e. The van der Waals surface area contributed by atoms with Crippen molar-refractivity contribution in [3.8, 4) is 0 Å². The zero-order valence-corrected chi connectivity index (χ0v) is 19.4. The van der Waals surface area contributed by atoms with Crippen LogP contribution in [0.2, 0.25) is 0 Å². The number of benzene rings is 3. The van der Waals surface area contributed by atoms with Crippen LogP contribution in [-0.2, 0) is 15.1 Å². The summed E-state index contributed by atoms with van der Waals surface area (Å²) in [5.74, 6) is -0.287. The summed E-state index contributed by atoms with van der Waals surface area (Å²) in [6.45, 7) is 0.947. The van der Waals surface area contributed by atoms with Crippen molar-refractivity contribution in [1.29, 1.82) is 0 Å². The van der Waals surface area contributed by atoms with Crippen molar-refractivity contribution in [2.24, 2.45) is 0 Å². The average Bonchev–Trinajstić information content (AvgIpc) is 2.91. The van der Waals surface area contributed by atoms with E-state index in [0.717, 1.165) is 16.7 Å². The van der Waals surface area contributed by atoms with E-state index in [1.54, 1.807) is 4.90 Å². The number of urea groups is 1. The fourth-order valence-electron chi connectivity index (χ4n) is 5.30. The second-order valence-corrected chi connectivity index (χ2v) is 8.91. The fraction of sp³-hybridized carbons (Fsp3) is 0.286. The smallest absolute Gasteiger partial charge is 0.326 e. The van der Waals surface area contributed by atoms with Gasteiger partial charge >= 0.3 is 6.03 Å². The van der Waals surface area contributed by atoms with Crippen molar-refractivity contribution in [2.45, 2.75) is 24.3 Å². The summed E-state index contributed by atoms with van der Waals surface area (Å²) in [6.07, 6.45) is -0.907. The summed E-state index contributed by atoms with van der Waals surface area (Å²) >= 11 is 0. The number of nitrogens with one attached hydrogen (secondary N) is 1. The maximum atomic E-state index is 12.7. The Morgan fingerprint density at radius 3 is 1.80 bits per heavy atom. The lowest BCUT2D eigenvalue weighted by atomic mass is 9.75. The standard InChI is InChI=1S/C28H29N3O4/c32-20-24-18-30(19-26(35-24)31-17-16-25(33)29-27(31)34)28(21-10-4-1-5-11-21,22-12-6-2-7-13-22)23-14-8-3-9-15-23/h1-15,24,26,32H,16-20H2,(H,29,33,34)/t24-,26+/m0/s1. The first-order chi connectivity index (χ1) is 17.1. The second-order valence-electron chi connectivity index (χ2n) is 8.91. The number of hydrogen-bond acceptors (Lipinski definition) is 5. The van der Waals surface area contributed by atoms with Gasteiger partial charge in [-0.2, -0.15) is 0 Å². The van der Waals surface area contributed by atoms with Crippen molar-refractivity contribution in [1.82, 2.24) is 15.1 Å². The van der Waals surface area contributed by atoms with Crippen molar-refractivity contribution in [2.75, 3.05) is 26.2 Å². The molecule has 2 atom stereocenters. The molecule has 2 aliphatic heterocycles. The number of carbonyl (C=O) groups is 2. The van der Waals surface area contributed by atoms with E-state index in [0.29, 0.717) is 13.1 Å². The van der Waals surface area contributed by atoms with Gasteiger partial charge in [-0.25, -0.2) is 4.79 Å². The molecule has 2 N–H and O–H groups in total. The Balaban J connectivity index is 1.67. The number of nitrogens with zero attached hydrogens (tertiary/aromatic N) is 2. The number of aliphatic hydroxyl groups is 1. The molecule has 0 unspecified atom stereocenters. The van der Waals surface area contributed by atoms with Crippen molar-refractivity contribution in [3.05, 3.63) is 108 Å². The number of rotatable bonds is 6. The molecule has 35 heavy (non-hydrogen) atoms. The van der Waals surface area contributed by atoms with Gasteiger partial charge in [0.1, 0.15) is 6.23 Å². The zero-order chi connectivity index (χ0) is 24.3. The van der Waals surface area contributed by atoms with Crippen LogP contribution in [0.4, 0.5) is 4.79 Å². The zero-order valence-electron chi connectivity index (χ0n) is 19.4. The molecule has 0 aromatic heterocycles. The quantitative estimate of drug-likeness (QED) is 0.541. The molecule has 180 valence electrons. The number of ether oxygens (including phenoxy) is 1. The number of aliphatic hydroxyl groups excluding tert-OH is 1. The Morgan fingerprint density at radius 2 is 1.34 bits per heavy atom. The predicted molar refractivity (Wildman–Crippen MR) is 131 cm³/mol. The molecule has 0 radical (unpaired) electrons. The molecule has 0 aliphatic carbocycles. The largest absolute Gasteiger partial charge is 0.394 e. The van der Waals surface area contributed by atoms with E-state index in [-0.39, 0.29) is 25.5 Å². The van der Waals surface area contributed by atoms with Gasteiger partial charge in [0.05, 0.1) is 18.2 Å². The molecule has 3 aromatic carbocycles. The van der Waals surface area contributed by atoms with Crippen molar-refractivity contribution >= 4 is 11.9 Å². The van der Waals surface area contributed by atoms with Crippen LogP contribution in [0.1, 0.15) is 23.1 Å².